The molecule has 0 N–H and O–H groups in total. The van der Waals surface area contributed by atoms with E-state index in [0.29, 0.717) is 49.1 Å². The van der Waals surface area contributed by atoms with E-state index in [2.05, 4.69) is 22.5 Å². The summed E-state index contributed by atoms with van der Waals surface area (Å²) in [6.45, 7) is 1.43. The van der Waals surface area contributed by atoms with Crippen molar-refractivity contribution >= 4 is 8.17 Å². The van der Waals surface area contributed by atoms with E-state index < -0.39 is 8.17 Å². The Morgan fingerprint density at radius 2 is 1.83 bits per heavy atom. The summed E-state index contributed by atoms with van der Waals surface area (Å²) in [5.74, 6) is 2.57. The monoisotopic (exact) mass is 417 g/mol. The molecule has 5 atom stereocenters. The predicted octanol–water partition coefficient (Wildman–Crippen LogP) is 2.37. The van der Waals surface area contributed by atoms with Crippen LogP contribution >= 0.6 is 8.17 Å². The second-order valence-corrected chi connectivity index (χ2v) is 9.51. The van der Waals surface area contributed by atoms with Crippen molar-refractivity contribution in [2.45, 2.75) is 19.6 Å². The van der Waals surface area contributed by atoms with Gasteiger partial charge in [0.15, 0.2) is 0 Å². The highest BCUT2D eigenvalue weighted by molar-refractivity contribution is 7.53. The summed E-state index contributed by atoms with van der Waals surface area (Å²) in [5.41, 5.74) is 1.65. The van der Waals surface area contributed by atoms with Crippen LogP contribution in [0.5, 0.6) is 5.75 Å². The Kier molecular flexibility index (Phi) is 5.14. The lowest BCUT2D eigenvalue weighted by Gasteiger charge is -2.23. The van der Waals surface area contributed by atoms with Crippen molar-refractivity contribution in [3.05, 3.63) is 53.9 Å². The zero-order valence-electron chi connectivity index (χ0n) is 16.2. The number of ether oxygens (including phenoxy) is 1. The smallest absolute Gasteiger partial charge is 0.379 e. The van der Waals surface area contributed by atoms with Gasteiger partial charge in [0.05, 0.1) is 19.9 Å². The number of phosphoric acid groups is 1. The number of hydrogen-bond donors (Lipinski definition) is 0. The number of methoxy groups -OCH3 is 1. The van der Waals surface area contributed by atoms with Gasteiger partial charge in [0.1, 0.15) is 31.3 Å². The molecule has 2 aliphatic carbocycles. The number of aromatic nitrogens is 3. The van der Waals surface area contributed by atoms with Crippen molar-refractivity contribution in [3.63, 3.8) is 0 Å². The SMILES string of the molecule is COc1ccc(Cn2cc(CO[P+]3([O-])OC[C@@H]4[C@H](CO3)[C@H]3C=C[C@@H]4C3)nn2)cc1. The summed E-state index contributed by atoms with van der Waals surface area (Å²) < 4.78 is 23.6. The minimum Gasteiger partial charge on any atom is -0.606 e. The molecule has 29 heavy (non-hydrogen) atoms. The van der Waals surface area contributed by atoms with Gasteiger partial charge in [0.2, 0.25) is 0 Å². The number of rotatable bonds is 6. The van der Waals surface area contributed by atoms with Crippen molar-refractivity contribution < 1.29 is 23.2 Å². The molecule has 2 heterocycles. The fourth-order valence-corrected chi connectivity index (χ4v) is 5.76. The quantitative estimate of drug-likeness (QED) is 0.526. The van der Waals surface area contributed by atoms with Gasteiger partial charge >= 0.3 is 8.17 Å². The Hall–Kier alpha value is -1.83. The molecular weight excluding hydrogens is 393 g/mol. The van der Waals surface area contributed by atoms with Crippen molar-refractivity contribution in [2.24, 2.45) is 23.7 Å². The molecule has 2 bridgehead atoms. The van der Waals surface area contributed by atoms with Crippen LogP contribution in [0.2, 0.25) is 0 Å². The van der Waals surface area contributed by atoms with Crippen LogP contribution < -0.4 is 9.63 Å². The highest BCUT2D eigenvalue weighted by Crippen LogP contribution is 2.60. The summed E-state index contributed by atoms with van der Waals surface area (Å²) in [5, 5.41) is 8.21. The molecule has 1 saturated heterocycles. The highest BCUT2D eigenvalue weighted by atomic mass is 31.2. The van der Waals surface area contributed by atoms with E-state index >= 15 is 0 Å². The molecule has 1 aromatic heterocycles. The Balaban J connectivity index is 1.16. The molecule has 1 aromatic carbocycles. The second kappa shape index (κ2) is 7.78. The van der Waals surface area contributed by atoms with Crippen LogP contribution in [0.3, 0.4) is 0 Å². The average molecular weight is 417 g/mol. The lowest BCUT2D eigenvalue weighted by molar-refractivity contribution is -0.248. The van der Waals surface area contributed by atoms with E-state index in [9.17, 15) is 4.89 Å². The number of benzene rings is 1. The first-order chi connectivity index (χ1) is 14.1. The van der Waals surface area contributed by atoms with Crippen molar-refractivity contribution in [3.8, 4) is 5.75 Å². The van der Waals surface area contributed by atoms with Crippen LogP contribution in [0.4, 0.5) is 0 Å². The summed E-state index contributed by atoms with van der Waals surface area (Å²) in [7, 11) is -1.95. The van der Waals surface area contributed by atoms with Gasteiger partial charge in [0, 0.05) is 0 Å². The fourth-order valence-electron chi connectivity index (χ4n) is 4.53. The van der Waals surface area contributed by atoms with Crippen LogP contribution in [0.25, 0.3) is 0 Å². The molecule has 1 saturated carbocycles. The summed E-state index contributed by atoms with van der Waals surface area (Å²) >= 11 is 0. The van der Waals surface area contributed by atoms with Gasteiger partial charge in [0.25, 0.3) is 0 Å². The van der Waals surface area contributed by atoms with Crippen LogP contribution in [0.1, 0.15) is 17.7 Å². The van der Waals surface area contributed by atoms with E-state index in [1.165, 1.54) is 0 Å². The summed E-state index contributed by atoms with van der Waals surface area (Å²) in [6, 6.07) is 7.75. The van der Waals surface area contributed by atoms with Gasteiger partial charge in [-0.05, 0) is 47.8 Å². The number of nitrogens with zero attached hydrogens (tertiary/aromatic N) is 3. The van der Waals surface area contributed by atoms with Gasteiger partial charge in [-0.2, -0.15) is 13.6 Å². The minimum absolute atomic E-state index is 0.0281. The number of phosphoric ester groups is 1. The summed E-state index contributed by atoms with van der Waals surface area (Å²) in [4.78, 5) is 12.9. The standard InChI is InChI=1S/C20H24N3O5P/c1-25-18-6-2-14(3-7-18)9-23-10-17(21-22-23)11-26-29(24)27-12-19-15-4-5-16(8-15)20(19)13-28-29/h2-7,10,15-16,19-20H,8-9,11-13H2,1H3/t15-,16+,19+,20-,29?. The van der Waals surface area contributed by atoms with Gasteiger partial charge in [-0.3, -0.25) is 0 Å². The van der Waals surface area contributed by atoms with Crippen molar-refractivity contribution in [1.29, 1.82) is 0 Å². The topological polar surface area (TPSA) is 90.7 Å². The number of fused-ring (bicyclic) bond motifs is 5. The Bertz CT molecular complexity index is 864. The molecular formula is C20H24N3O5P. The first kappa shape index (κ1) is 19.2. The zero-order valence-corrected chi connectivity index (χ0v) is 17.1. The molecule has 154 valence electrons. The van der Waals surface area contributed by atoms with Crippen molar-refractivity contribution in [2.75, 3.05) is 20.3 Å². The van der Waals surface area contributed by atoms with Crippen LogP contribution in [0, 0.1) is 23.7 Å². The molecule has 9 heteroatoms. The van der Waals surface area contributed by atoms with E-state index in [1.54, 1.807) is 18.0 Å². The maximum absolute atomic E-state index is 12.9. The Morgan fingerprint density at radius 1 is 1.14 bits per heavy atom. The average Bonchev–Trinajstić information content (AvgIpc) is 3.44. The van der Waals surface area contributed by atoms with Gasteiger partial charge in [-0.15, -0.1) is 5.10 Å². The maximum Gasteiger partial charge on any atom is 0.379 e. The third-order valence-corrected chi connectivity index (χ3v) is 7.49. The first-order valence-corrected chi connectivity index (χ1v) is 11.3. The maximum atomic E-state index is 12.9. The lowest BCUT2D eigenvalue weighted by atomic mass is 9.84. The van der Waals surface area contributed by atoms with Gasteiger partial charge < -0.3 is 9.63 Å². The molecule has 8 nitrogen and oxygen atoms in total. The molecule has 0 spiro atoms. The third kappa shape index (κ3) is 3.96. The normalized spacial score (nSPS) is 32.9. The van der Waals surface area contributed by atoms with E-state index in [-0.39, 0.29) is 6.61 Å². The third-order valence-electron chi connectivity index (χ3n) is 6.11. The summed E-state index contributed by atoms with van der Waals surface area (Å²) in [6.07, 6.45) is 7.44. The van der Waals surface area contributed by atoms with Crippen LogP contribution in [-0.2, 0) is 26.7 Å². The lowest BCUT2D eigenvalue weighted by Crippen LogP contribution is -2.24. The van der Waals surface area contributed by atoms with Crippen LogP contribution in [-0.4, -0.2) is 35.3 Å². The molecule has 3 aliphatic rings. The van der Waals surface area contributed by atoms with Crippen molar-refractivity contribution in [1.82, 2.24) is 15.0 Å². The molecule has 1 aliphatic heterocycles. The first-order valence-electron chi connectivity index (χ1n) is 9.86. The second-order valence-electron chi connectivity index (χ2n) is 7.84. The van der Waals surface area contributed by atoms with E-state index in [0.717, 1.165) is 17.7 Å². The van der Waals surface area contributed by atoms with E-state index in [4.69, 9.17) is 18.3 Å². The number of allylic oxidation sites excluding steroid dienone is 2. The Labute approximate surface area is 170 Å². The fraction of sp³-hybridized carbons (Fsp3) is 0.500. The zero-order chi connectivity index (χ0) is 19.8. The molecule has 2 aromatic rings. The van der Waals surface area contributed by atoms with Crippen LogP contribution in [0.15, 0.2) is 42.6 Å². The van der Waals surface area contributed by atoms with Gasteiger partial charge in [-0.1, -0.05) is 29.5 Å². The van der Waals surface area contributed by atoms with E-state index in [1.807, 2.05) is 24.3 Å². The molecule has 5 rings (SSSR count). The largest absolute Gasteiger partial charge is 0.606 e. The number of hydrogen-bond acceptors (Lipinski definition) is 7. The molecule has 0 radical (unpaired) electrons. The predicted molar refractivity (Wildman–Crippen MR) is 103 cm³/mol. The molecule has 2 fully saturated rings. The molecule has 0 amide bonds. The molecule has 1 unspecified atom stereocenters. The van der Waals surface area contributed by atoms with Gasteiger partial charge in [-0.25, -0.2) is 4.68 Å². The Morgan fingerprint density at radius 3 is 2.48 bits per heavy atom. The minimum atomic E-state index is -3.59. The highest BCUT2D eigenvalue weighted by Gasteiger charge is 2.51.